The number of nitrogens with one attached hydrogen (secondary N) is 1. The van der Waals surface area contributed by atoms with Gasteiger partial charge >= 0.3 is 0 Å². The van der Waals surface area contributed by atoms with Gasteiger partial charge in [0.05, 0.1) is 18.3 Å². The van der Waals surface area contributed by atoms with Crippen LogP contribution in [0.4, 0.5) is 4.39 Å². The van der Waals surface area contributed by atoms with E-state index in [1.54, 1.807) is 0 Å². The first kappa shape index (κ1) is 17.4. The molecule has 0 aliphatic rings. The number of benzene rings is 2. The number of rotatable bonds is 6. The average molecular weight is 336 g/mol. The Morgan fingerprint density at radius 3 is 2.43 bits per heavy atom. The number of carbonyl (C=O) groups is 1. The molecule has 2 rings (SSSR count). The Balaban J connectivity index is 1.91. The van der Waals surface area contributed by atoms with E-state index in [9.17, 15) is 9.18 Å². The molecule has 0 radical (unpaired) electrons. The van der Waals surface area contributed by atoms with Gasteiger partial charge in [0.15, 0.2) is 0 Å². The third-order valence-corrected chi connectivity index (χ3v) is 3.47. The maximum absolute atomic E-state index is 13.7. The van der Waals surface area contributed by atoms with Gasteiger partial charge in [-0.15, -0.1) is 0 Å². The fourth-order valence-electron chi connectivity index (χ4n) is 1.97. The summed E-state index contributed by atoms with van der Waals surface area (Å²) >= 11 is 5.67. The normalized spacial score (nSPS) is 10.8. The van der Waals surface area contributed by atoms with E-state index in [0.717, 1.165) is 17.2 Å². The number of amides is 1. The summed E-state index contributed by atoms with van der Waals surface area (Å²) < 4.78 is 19.2. The highest BCUT2D eigenvalue weighted by Gasteiger charge is 2.11. The van der Waals surface area contributed by atoms with Crippen LogP contribution in [-0.2, 0) is 17.9 Å². The lowest BCUT2D eigenvalue weighted by molar-refractivity contribution is 0.0657. The van der Waals surface area contributed by atoms with E-state index >= 15 is 0 Å². The molecule has 1 amide bonds. The van der Waals surface area contributed by atoms with Gasteiger partial charge in [0.2, 0.25) is 0 Å². The Morgan fingerprint density at radius 1 is 1.17 bits per heavy atom. The molecule has 0 spiro atoms. The van der Waals surface area contributed by atoms with E-state index in [0.29, 0.717) is 13.2 Å². The van der Waals surface area contributed by atoms with E-state index in [2.05, 4.69) is 5.32 Å². The molecule has 0 aliphatic carbocycles. The first-order chi connectivity index (χ1) is 11.0. The second-order valence-corrected chi connectivity index (χ2v) is 5.92. The largest absolute Gasteiger partial charge is 0.374 e. The second kappa shape index (κ2) is 8.09. The maximum Gasteiger partial charge on any atom is 0.254 e. The molecule has 1 N–H and O–H groups in total. The number of halogens is 2. The molecule has 0 atom stereocenters. The molecule has 0 unspecified atom stereocenters. The Hall–Kier alpha value is -1.91. The first-order valence-electron chi connectivity index (χ1n) is 7.38. The van der Waals surface area contributed by atoms with E-state index in [4.69, 9.17) is 16.3 Å². The zero-order valence-electron chi connectivity index (χ0n) is 13.1. The molecule has 3 nitrogen and oxygen atoms in total. The molecule has 0 saturated heterocycles. The number of hydrogen-bond donors (Lipinski definition) is 1. The molecule has 0 heterocycles. The van der Waals surface area contributed by atoms with Gasteiger partial charge in [-0.2, -0.15) is 0 Å². The van der Waals surface area contributed by atoms with Crippen LogP contribution in [0.15, 0.2) is 42.5 Å². The summed E-state index contributed by atoms with van der Waals surface area (Å²) in [7, 11) is 0. The van der Waals surface area contributed by atoms with E-state index in [-0.39, 0.29) is 16.7 Å². The monoisotopic (exact) mass is 335 g/mol. The van der Waals surface area contributed by atoms with E-state index in [1.807, 2.05) is 38.1 Å². The lowest BCUT2D eigenvalue weighted by Crippen LogP contribution is -2.23. The van der Waals surface area contributed by atoms with Crippen molar-refractivity contribution < 1.29 is 13.9 Å². The smallest absolute Gasteiger partial charge is 0.254 e. The van der Waals surface area contributed by atoms with Gasteiger partial charge in [-0.3, -0.25) is 4.79 Å². The zero-order chi connectivity index (χ0) is 16.8. The molecule has 23 heavy (non-hydrogen) atoms. The third kappa shape index (κ3) is 5.34. The zero-order valence-corrected chi connectivity index (χ0v) is 13.9. The minimum absolute atomic E-state index is 0.0173. The molecule has 5 heteroatoms. The van der Waals surface area contributed by atoms with Crippen molar-refractivity contribution in [1.82, 2.24) is 5.32 Å². The quantitative estimate of drug-likeness (QED) is 0.853. The molecule has 2 aromatic rings. The van der Waals surface area contributed by atoms with Gasteiger partial charge in [-0.05, 0) is 43.2 Å². The van der Waals surface area contributed by atoms with Crippen molar-refractivity contribution in [3.63, 3.8) is 0 Å². The van der Waals surface area contributed by atoms with Crippen LogP contribution in [-0.4, -0.2) is 12.0 Å². The van der Waals surface area contributed by atoms with Crippen molar-refractivity contribution in [1.29, 1.82) is 0 Å². The highest BCUT2D eigenvalue weighted by atomic mass is 35.5. The van der Waals surface area contributed by atoms with Crippen molar-refractivity contribution in [3.05, 3.63) is 70.0 Å². The predicted molar refractivity (Wildman–Crippen MR) is 88.9 cm³/mol. The highest BCUT2D eigenvalue weighted by molar-refractivity contribution is 6.30. The van der Waals surface area contributed by atoms with E-state index < -0.39 is 11.7 Å². The summed E-state index contributed by atoms with van der Waals surface area (Å²) in [5.41, 5.74) is 1.98. The molecule has 122 valence electrons. The first-order valence-corrected chi connectivity index (χ1v) is 7.76. The summed E-state index contributed by atoms with van der Waals surface area (Å²) in [5.74, 6) is -1.09. The van der Waals surface area contributed by atoms with Crippen LogP contribution in [0.3, 0.4) is 0 Å². The summed E-state index contributed by atoms with van der Waals surface area (Å²) in [6.07, 6.45) is 0.184. The van der Waals surface area contributed by atoms with Gasteiger partial charge in [-0.1, -0.05) is 35.9 Å². The molecule has 0 fully saturated rings. The van der Waals surface area contributed by atoms with Crippen LogP contribution in [0.1, 0.15) is 35.3 Å². The van der Waals surface area contributed by atoms with Crippen LogP contribution in [0, 0.1) is 5.82 Å². The molecule has 0 saturated carbocycles. The minimum atomic E-state index is -0.629. The van der Waals surface area contributed by atoms with Crippen molar-refractivity contribution in [2.75, 3.05) is 0 Å². The molecular weight excluding hydrogens is 317 g/mol. The van der Waals surface area contributed by atoms with Crippen LogP contribution in [0.2, 0.25) is 5.02 Å². The lowest BCUT2D eigenvalue weighted by atomic mass is 10.1. The molecular formula is C18H19ClFNO2. The molecule has 2 aromatic carbocycles. The molecule has 0 bridgehead atoms. The van der Waals surface area contributed by atoms with E-state index in [1.165, 1.54) is 12.1 Å². The van der Waals surface area contributed by atoms with Crippen LogP contribution in [0.5, 0.6) is 0 Å². The standard InChI is InChI=1S/C18H19ClFNO2/c1-12(2)23-11-14-5-3-13(4-6-14)10-21-18(22)16-8-7-15(19)9-17(16)20/h3-9,12H,10-11H2,1-2H3,(H,21,22). The van der Waals surface area contributed by atoms with Crippen molar-refractivity contribution >= 4 is 17.5 Å². The van der Waals surface area contributed by atoms with Crippen molar-refractivity contribution in [3.8, 4) is 0 Å². The summed E-state index contributed by atoms with van der Waals surface area (Å²) in [5, 5.41) is 2.95. The van der Waals surface area contributed by atoms with Gasteiger partial charge in [0.25, 0.3) is 5.91 Å². The topological polar surface area (TPSA) is 38.3 Å². The van der Waals surface area contributed by atoms with Crippen molar-refractivity contribution in [2.45, 2.75) is 33.1 Å². The third-order valence-electron chi connectivity index (χ3n) is 3.24. The number of ether oxygens (including phenoxy) is 1. The Labute approximate surface area is 140 Å². The van der Waals surface area contributed by atoms with Gasteiger partial charge in [-0.25, -0.2) is 4.39 Å². The van der Waals surface area contributed by atoms with Gasteiger partial charge in [0.1, 0.15) is 5.82 Å². The fraction of sp³-hybridized carbons (Fsp3) is 0.278. The summed E-state index contributed by atoms with van der Waals surface area (Å²) in [4.78, 5) is 12.0. The summed E-state index contributed by atoms with van der Waals surface area (Å²) in [6, 6.07) is 11.7. The van der Waals surface area contributed by atoms with Crippen molar-refractivity contribution in [2.24, 2.45) is 0 Å². The fourth-order valence-corrected chi connectivity index (χ4v) is 2.13. The molecule has 0 aliphatic heterocycles. The Bertz CT molecular complexity index is 671. The van der Waals surface area contributed by atoms with Gasteiger partial charge < -0.3 is 10.1 Å². The average Bonchev–Trinajstić information content (AvgIpc) is 2.51. The number of carbonyl (C=O) groups excluding carboxylic acids is 1. The summed E-state index contributed by atoms with van der Waals surface area (Å²) in [6.45, 7) is 4.85. The Morgan fingerprint density at radius 2 is 1.83 bits per heavy atom. The second-order valence-electron chi connectivity index (χ2n) is 5.48. The lowest BCUT2D eigenvalue weighted by Gasteiger charge is -2.09. The highest BCUT2D eigenvalue weighted by Crippen LogP contribution is 2.15. The minimum Gasteiger partial charge on any atom is -0.374 e. The van der Waals surface area contributed by atoms with Crippen LogP contribution in [0.25, 0.3) is 0 Å². The van der Waals surface area contributed by atoms with Gasteiger partial charge in [0, 0.05) is 11.6 Å². The Kier molecular flexibility index (Phi) is 6.13. The van der Waals surface area contributed by atoms with Crippen LogP contribution >= 0.6 is 11.6 Å². The molecule has 0 aromatic heterocycles. The SMILES string of the molecule is CC(C)OCc1ccc(CNC(=O)c2ccc(Cl)cc2F)cc1. The predicted octanol–water partition coefficient (Wildman–Crippen LogP) is 4.33. The number of hydrogen-bond acceptors (Lipinski definition) is 2. The van der Waals surface area contributed by atoms with Crippen LogP contribution < -0.4 is 5.32 Å². The maximum atomic E-state index is 13.7.